The number of likely N-dealkylation sites (tertiary alicyclic amines) is 1. The molecule has 20 heavy (non-hydrogen) atoms. The third kappa shape index (κ3) is 2.57. The van der Waals surface area contributed by atoms with Crippen LogP contribution >= 0.6 is 0 Å². The Morgan fingerprint density at radius 3 is 2.65 bits per heavy atom. The monoisotopic (exact) mass is 278 g/mol. The maximum atomic E-state index is 12.6. The molecule has 0 saturated carbocycles. The number of nitrogens with one attached hydrogen (secondary N) is 1. The van der Waals surface area contributed by atoms with Crippen molar-refractivity contribution in [3.8, 4) is 0 Å². The predicted octanol–water partition coefficient (Wildman–Crippen LogP) is 2.29. The zero-order valence-corrected chi connectivity index (χ0v) is 12.6. The first-order chi connectivity index (χ1) is 9.45. The van der Waals surface area contributed by atoms with Crippen molar-refractivity contribution in [1.82, 2.24) is 9.88 Å². The van der Waals surface area contributed by atoms with Crippen LogP contribution < -0.4 is 0 Å². The van der Waals surface area contributed by atoms with Crippen molar-refractivity contribution in [2.75, 3.05) is 20.2 Å². The zero-order chi connectivity index (χ0) is 14.9. The first kappa shape index (κ1) is 14.6. The van der Waals surface area contributed by atoms with Gasteiger partial charge in [0.25, 0.3) is 5.91 Å². The number of carbonyl (C=O) groups excluding carboxylic acids is 2. The Kier molecular flexibility index (Phi) is 4.16. The second kappa shape index (κ2) is 5.69. The standard InChI is InChI=1S/C15H22N2O3/c1-9-6-5-7-17(8-9)14(18)13-10(2)12(11(3)16-13)15(19)20-4/h9,16H,5-8H2,1-4H3/t9-/m1/s1. The molecule has 0 aliphatic carbocycles. The van der Waals surface area contributed by atoms with Crippen LogP contribution in [-0.4, -0.2) is 42.0 Å². The molecule has 0 unspecified atom stereocenters. The molecule has 1 saturated heterocycles. The smallest absolute Gasteiger partial charge is 0.339 e. The molecule has 1 aromatic heterocycles. The van der Waals surface area contributed by atoms with E-state index in [1.165, 1.54) is 13.5 Å². The van der Waals surface area contributed by atoms with Crippen molar-refractivity contribution < 1.29 is 14.3 Å². The second-order valence-electron chi connectivity index (χ2n) is 5.62. The average Bonchev–Trinajstić information content (AvgIpc) is 2.72. The van der Waals surface area contributed by atoms with E-state index in [0.29, 0.717) is 28.4 Å². The van der Waals surface area contributed by atoms with Gasteiger partial charge in [0.15, 0.2) is 0 Å². The van der Waals surface area contributed by atoms with Crippen molar-refractivity contribution in [3.05, 3.63) is 22.5 Å². The van der Waals surface area contributed by atoms with Crippen LogP contribution in [0.25, 0.3) is 0 Å². The maximum absolute atomic E-state index is 12.6. The number of esters is 1. The number of methoxy groups -OCH3 is 1. The average molecular weight is 278 g/mol. The molecule has 5 nitrogen and oxygen atoms in total. The van der Waals surface area contributed by atoms with Gasteiger partial charge in [-0.3, -0.25) is 4.79 Å². The van der Waals surface area contributed by atoms with Crippen molar-refractivity contribution >= 4 is 11.9 Å². The van der Waals surface area contributed by atoms with E-state index in [0.717, 1.165) is 19.5 Å². The SMILES string of the molecule is COC(=O)c1c(C)[nH]c(C(=O)N2CCC[C@@H](C)C2)c1C. The second-order valence-corrected chi connectivity index (χ2v) is 5.62. The third-order valence-electron chi connectivity index (χ3n) is 3.99. The van der Waals surface area contributed by atoms with Gasteiger partial charge in [-0.15, -0.1) is 0 Å². The molecule has 1 N–H and O–H groups in total. The fraction of sp³-hybridized carbons (Fsp3) is 0.600. The Hall–Kier alpha value is -1.78. The van der Waals surface area contributed by atoms with Gasteiger partial charge in [0.05, 0.1) is 12.7 Å². The minimum Gasteiger partial charge on any atom is -0.465 e. The van der Waals surface area contributed by atoms with E-state index in [2.05, 4.69) is 11.9 Å². The number of nitrogens with zero attached hydrogens (tertiary/aromatic N) is 1. The number of piperidine rings is 1. The van der Waals surface area contributed by atoms with Crippen LogP contribution in [0.3, 0.4) is 0 Å². The van der Waals surface area contributed by atoms with Crippen LogP contribution in [-0.2, 0) is 4.74 Å². The van der Waals surface area contributed by atoms with Gasteiger partial charge in [0.1, 0.15) is 5.69 Å². The lowest BCUT2D eigenvalue weighted by Gasteiger charge is -2.30. The molecule has 5 heteroatoms. The van der Waals surface area contributed by atoms with Crippen molar-refractivity contribution in [1.29, 1.82) is 0 Å². The first-order valence-electron chi connectivity index (χ1n) is 7.02. The number of aromatic nitrogens is 1. The highest BCUT2D eigenvalue weighted by Gasteiger charge is 2.27. The number of ether oxygens (including phenoxy) is 1. The molecule has 0 bridgehead atoms. The van der Waals surface area contributed by atoms with Crippen LogP contribution in [0.15, 0.2) is 0 Å². The van der Waals surface area contributed by atoms with E-state index >= 15 is 0 Å². The van der Waals surface area contributed by atoms with E-state index in [9.17, 15) is 9.59 Å². The molecule has 110 valence electrons. The molecule has 0 aromatic carbocycles. The van der Waals surface area contributed by atoms with Crippen LogP contribution in [0, 0.1) is 19.8 Å². The van der Waals surface area contributed by atoms with Gasteiger partial charge >= 0.3 is 5.97 Å². The number of H-pyrrole nitrogens is 1. The van der Waals surface area contributed by atoms with E-state index < -0.39 is 5.97 Å². The van der Waals surface area contributed by atoms with Gasteiger partial charge < -0.3 is 14.6 Å². The molecule has 1 aliphatic heterocycles. The molecule has 1 aromatic rings. The zero-order valence-electron chi connectivity index (χ0n) is 12.6. The van der Waals surface area contributed by atoms with E-state index in [1.54, 1.807) is 13.8 Å². The van der Waals surface area contributed by atoms with Gasteiger partial charge in [-0.25, -0.2) is 4.79 Å². The first-order valence-corrected chi connectivity index (χ1v) is 7.02. The Bertz CT molecular complexity index is 533. The molecular formula is C15H22N2O3. The fourth-order valence-electron chi connectivity index (χ4n) is 2.90. The normalized spacial score (nSPS) is 19.0. The summed E-state index contributed by atoms with van der Waals surface area (Å²) in [6.45, 7) is 7.30. The molecule has 0 radical (unpaired) electrons. The lowest BCUT2D eigenvalue weighted by atomic mass is 9.99. The van der Waals surface area contributed by atoms with Crippen molar-refractivity contribution in [3.63, 3.8) is 0 Å². The lowest BCUT2D eigenvalue weighted by molar-refractivity contribution is 0.0599. The highest BCUT2D eigenvalue weighted by Crippen LogP contribution is 2.23. The van der Waals surface area contributed by atoms with Crippen LogP contribution in [0.1, 0.15) is 51.9 Å². The molecular weight excluding hydrogens is 256 g/mol. The summed E-state index contributed by atoms with van der Waals surface area (Å²) >= 11 is 0. The summed E-state index contributed by atoms with van der Waals surface area (Å²) in [6.07, 6.45) is 2.20. The minimum atomic E-state index is -0.401. The van der Waals surface area contributed by atoms with E-state index in [-0.39, 0.29) is 5.91 Å². The van der Waals surface area contributed by atoms with E-state index in [1.807, 2.05) is 4.90 Å². The molecule has 2 rings (SSSR count). The molecule has 1 atom stereocenters. The van der Waals surface area contributed by atoms with Crippen molar-refractivity contribution in [2.24, 2.45) is 5.92 Å². The molecule has 0 spiro atoms. The summed E-state index contributed by atoms with van der Waals surface area (Å²) in [4.78, 5) is 29.3. The molecule has 1 amide bonds. The largest absolute Gasteiger partial charge is 0.465 e. The Balaban J connectivity index is 2.29. The van der Waals surface area contributed by atoms with Crippen molar-refractivity contribution in [2.45, 2.75) is 33.6 Å². The number of hydrogen-bond acceptors (Lipinski definition) is 3. The molecule has 1 aliphatic rings. The highest BCUT2D eigenvalue weighted by atomic mass is 16.5. The summed E-state index contributed by atoms with van der Waals surface area (Å²) < 4.78 is 4.77. The maximum Gasteiger partial charge on any atom is 0.339 e. The summed E-state index contributed by atoms with van der Waals surface area (Å²) in [5, 5.41) is 0. The topological polar surface area (TPSA) is 62.4 Å². The Labute approximate surface area is 119 Å². The Morgan fingerprint density at radius 2 is 2.05 bits per heavy atom. The third-order valence-corrected chi connectivity index (χ3v) is 3.99. The lowest BCUT2D eigenvalue weighted by Crippen LogP contribution is -2.39. The number of hydrogen-bond donors (Lipinski definition) is 1. The van der Waals surface area contributed by atoms with Gasteiger partial charge in [0.2, 0.25) is 0 Å². The fourth-order valence-corrected chi connectivity index (χ4v) is 2.90. The predicted molar refractivity (Wildman–Crippen MR) is 75.9 cm³/mol. The van der Waals surface area contributed by atoms with E-state index in [4.69, 9.17) is 4.74 Å². The number of aromatic amines is 1. The molecule has 2 heterocycles. The Morgan fingerprint density at radius 1 is 1.35 bits per heavy atom. The number of aryl methyl sites for hydroxylation is 1. The minimum absolute atomic E-state index is 0.0210. The van der Waals surface area contributed by atoms with Gasteiger partial charge in [0, 0.05) is 18.8 Å². The number of amides is 1. The summed E-state index contributed by atoms with van der Waals surface area (Å²) in [7, 11) is 1.35. The summed E-state index contributed by atoms with van der Waals surface area (Å²) in [6, 6.07) is 0. The van der Waals surface area contributed by atoms with Gasteiger partial charge in [-0.05, 0) is 38.2 Å². The van der Waals surface area contributed by atoms with Gasteiger partial charge in [-0.1, -0.05) is 6.92 Å². The molecule has 1 fully saturated rings. The number of rotatable bonds is 2. The van der Waals surface area contributed by atoms with Crippen LogP contribution in [0.2, 0.25) is 0 Å². The quantitative estimate of drug-likeness (QED) is 0.844. The highest BCUT2D eigenvalue weighted by molar-refractivity contribution is 6.00. The summed E-state index contributed by atoms with van der Waals surface area (Å²) in [5.41, 5.74) is 2.35. The van der Waals surface area contributed by atoms with Gasteiger partial charge in [-0.2, -0.15) is 0 Å². The van der Waals surface area contributed by atoms with Crippen LogP contribution in [0.5, 0.6) is 0 Å². The van der Waals surface area contributed by atoms with Crippen LogP contribution in [0.4, 0.5) is 0 Å². The number of carbonyl (C=O) groups is 2. The summed E-state index contributed by atoms with van der Waals surface area (Å²) in [5.74, 6) is 0.110.